The second-order valence-corrected chi connectivity index (χ2v) is 9.76. The van der Waals surface area contributed by atoms with Crippen molar-refractivity contribution in [1.29, 1.82) is 0 Å². The molecule has 0 aliphatic heterocycles. The zero-order chi connectivity index (χ0) is 34.5. The van der Waals surface area contributed by atoms with Gasteiger partial charge in [0.05, 0.1) is 13.7 Å². The highest BCUT2D eigenvalue weighted by atomic mass is 14.3. The maximum Gasteiger partial charge on any atom is 0.0629 e. The Kier molecular flexibility index (Phi) is 3.23. The Hall–Kier alpha value is -4.94. The van der Waals surface area contributed by atoms with E-state index in [0.29, 0.717) is 17.5 Å². The standard InChI is InChI=1S/C39H26/c1-3-11-26(12-4-1)28-19-20-29-23-30-21-22-31(25-37(30)36(29)24-28)39-34-17-9-7-15-32(34)38(27-13-5-2-6-14-27)33-16-8-10-18-35(33)39/h1-22,24-25H,23H2/i1D,2D,3D,4D,5D,6D,11D,12D,13D,14D. The van der Waals surface area contributed by atoms with E-state index in [4.69, 9.17) is 13.7 Å². The van der Waals surface area contributed by atoms with Crippen LogP contribution in [0.1, 0.15) is 24.8 Å². The number of rotatable bonds is 3. The summed E-state index contributed by atoms with van der Waals surface area (Å²) >= 11 is 0. The first-order valence-electron chi connectivity index (χ1n) is 17.8. The van der Waals surface area contributed by atoms with Gasteiger partial charge in [0.2, 0.25) is 0 Å². The molecule has 0 amide bonds. The lowest BCUT2D eigenvalue weighted by Gasteiger charge is -2.18. The van der Waals surface area contributed by atoms with Crippen LogP contribution in [0.3, 0.4) is 0 Å². The summed E-state index contributed by atoms with van der Waals surface area (Å²) in [6, 6.07) is 24.1. The van der Waals surface area contributed by atoms with E-state index >= 15 is 0 Å². The topological polar surface area (TPSA) is 0 Å². The van der Waals surface area contributed by atoms with Gasteiger partial charge in [0, 0.05) is 0 Å². The Morgan fingerprint density at radius 1 is 0.410 bits per heavy atom. The molecule has 7 aromatic carbocycles. The van der Waals surface area contributed by atoms with Crippen molar-refractivity contribution in [2.24, 2.45) is 0 Å². The number of hydrogen-bond acceptors (Lipinski definition) is 0. The van der Waals surface area contributed by atoms with Crippen molar-refractivity contribution in [2.45, 2.75) is 6.42 Å². The number of fused-ring (bicyclic) bond motifs is 5. The van der Waals surface area contributed by atoms with Crippen molar-refractivity contribution in [1.82, 2.24) is 0 Å². The highest BCUT2D eigenvalue weighted by molar-refractivity contribution is 6.21. The average Bonchev–Trinajstić information content (AvgIpc) is 3.48. The minimum absolute atomic E-state index is 0.160. The fourth-order valence-corrected chi connectivity index (χ4v) is 5.96. The van der Waals surface area contributed by atoms with Crippen LogP contribution in [0.15, 0.2) is 145 Å². The van der Waals surface area contributed by atoms with Crippen LogP contribution in [0.25, 0.3) is 66.1 Å². The molecule has 8 rings (SSSR count). The SMILES string of the molecule is [2H]c1c([2H])c([2H])c(-c2ccc3c(c2)-c2cc(-c4c5ccccc5c(-c5c([2H])c([2H])c([2H])c([2H])c5[2H])c5ccccc45)ccc2C3)c([2H])c1[2H]. The van der Waals surface area contributed by atoms with Crippen molar-refractivity contribution in [3.63, 3.8) is 0 Å². The summed E-state index contributed by atoms with van der Waals surface area (Å²) in [5, 5.41) is 3.27. The van der Waals surface area contributed by atoms with E-state index in [0.717, 1.165) is 54.9 Å². The molecule has 1 aliphatic rings. The largest absolute Gasteiger partial charge is 0.0629 e. The molecule has 0 saturated carbocycles. The number of hydrogen-bond donors (Lipinski definition) is 0. The van der Waals surface area contributed by atoms with Crippen LogP contribution < -0.4 is 0 Å². The first kappa shape index (κ1) is 14.3. The summed E-state index contributed by atoms with van der Waals surface area (Å²) in [7, 11) is 0. The summed E-state index contributed by atoms with van der Waals surface area (Å²) in [6.45, 7) is 0. The third-order valence-corrected chi connectivity index (χ3v) is 7.65. The number of benzene rings is 7. The van der Waals surface area contributed by atoms with Gasteiger partial charge in [-0.25, -0.2) is 0 Å². The zero-order valence-corrected chi connectivity index (χ0v) is 20.8. The van der Waals surface area contributed by atoms with Gasteiger partial charge in [0.25, 0.3) is 0 Å². The van der Waals surface area contributed by atoms with E-state index < -0.39 is 12.1 Å². The molecule has 182 valence electrons. The van der Waals surface area contributed by atoms with Crippen LogP contribution in [0.4, 0.5) is 0 Å². The summed E-state index contributed by atoms with van der Waals surface area (Å²) in [4.78, 5) is 0. The molecule has 0 heterocycles. The molecule has 0 atom stereocenters. The van der Waals surface area contributed by atoms with E-state index in [2.05, 4.69) is 18.2 Å². The molecule has 0 unspecified atom stereocenters. The van der Waals surface area contributed by atoms with Crippen LogP contribution in [-0.4, -0.2) is 0 Å². The first-order valence-corrected chi connectivity index (χ1v) is 12.8. The third kappa shape index (κ3) is 3.53. The lowest BCUT2D eigenvalue weighted by molar-refractivity contribution is 1.26. The van der Waals surface area contributed by atoms with Crippen LogP contribution in [-0.2, 0) is 6.42 Å². The monoisotopic (exact) mass is 504 g/mol. The summed E-state index contributed by atoms with van der Waals surface area (Å²) in [5.41, 5.74) is 7.45. The molecule has 0 aromatic heterocycles. The second-order valence-electron chi connectivity index (χ2n) is 9.76. The fourth-order valence-electron chi connectivity index (χ4n) is 5.96. The summed E-state index contributed by atoms with van der Waals surface area (Å²) in [5.74, 6) is 0. The molecule has 0 nitrogen and oxygen atoms in total. The van der Waals surface area contributed by atoms with E-state index in [9.17, 15) is 0 Å². The van der Waals surface area contributed by atoms with Crippen molar-refractivity contribution in [3.05, 3.63) is 156 Å². The Morgan fingerprint density at radius 3 is 1.38 bits per heavy atom. The molecule has 0 spiro atoms. The fraction of sp³-hybridized carbons (Fsp3) is 0.0256. The van der Waals surface area contributed by atoms with Crippen molar-refractivity contribution in [3.8, 4) is 44.5 Å². The lowest BCUT2D eigenvalue weighted by atomic mass is 9.85. The molecular weight excluding hydrogens is 468 g/mol. The van der Waals surface area contributed by atoms with Crippen LogP contribution in [0.5, 0.6) is 0 Å². The lowest BCUT2D eigenvalue weighted by Crippen LogP contribution is -1.91. The van der Waals surface area contributed by atoms with Crippen molar-refractivity contribution >= 4 is 21.5 Å². The summed E-state index contributed by atoms with van der Waals surface area (Å²) in [6.07, 6.45) is 0.696. The maximum atomic E-state index is 8.81. The van der Waals surface area contributed by atoms with Gasteiger partial charge >= 0.3 is 0 Å². The maximum absolute atomic E-state index is 8.81. The minimum Gasteiger partial charge on any atom is -0.0622 e. The van der Waals surface area contributed by atoms with Crippen molar-refractivity contribution in [2.75, 3.05) is 0 Å². The normalized spacial score (nSPS) is 15.6. The Morgan fingerprint density at radius 2 is 0.846 bits per heavy atom. The smallest absolute Gasteiger partial charge is 0.0622 e. The van der Waals surface area contributed by atoms with E-state index in [1.165, 1.54) is 0 Å². The minimum atomic E-state index is -0.433. The van der Waals surface area contributed by atoms with Gasteiger partial charge in [-0.15, -0.1) is 0 Å². The Bertz CT molecular complexity index is 2470. The molecule has 39 heavy (non-hydrogen) atoms. The molecule has 0 bridgehead atoms. The molecule has 0 heteroatoms. The molecule has 0 fully saturated rings. The summed E-state index contributed by atoms with van der Waals surface area (Å²) < 4.78 is 83.9. The van der Waals surface area contributed by atoms with Gasteiger partial charge in [0.1, 0.15) is 0 Å². The highest BCUT2D eigenvalue weighted by Crippen LogP contribution is 2.46. The van der Waals surface area contributed by atoms with Gasteiger partial charge in [-0.3, -0.25) is 0 Å². The van der Waals surface area contributed by atoms with E-state index in [-0.39, 0.29) is 59.5 Å². The Balaban J connectivity index is 1.38. The molecule has 1 aliphatic carbocycles. The van der Waals surface area contributed by atoms with Gasteiger partial charge < -0.3 is 0 Å². The van der Waals surface area contributed by atoms with Gasteiger partial charge in [0.15, 0.2) is 0 Å². The second kappa shape index (κ2) is 8.82. The van der Waals surface area contributed by atoms with E-state index in [1.807, 2.05) is 66.7 Å². The van der Waals surface area contributed by atoms with Crippen molar-refractivity contribution < 1.29 is 13.7 Å². The predicted molar refractivity (Wildman–Crippen MR) is 166 cm³/mol. The van der Waals surface area contributed by atoms with E-state index in [1.54, 1.807) is 0 Å². The molecule has 0 saturated heterocycles. The zero-order valence-electron chi connectivity index (χ0n) is 30.8. The van der Waals surface area contributed by atoms with Gasteiger partial charge in [-0.1, -0.05) is 133 Å². The molecule has 0 N–H and O–H groups in total. The van der Waals surface area contributed by atoms with Crippen LogP contribution >= 0.6 is 0 Å². The van der Waals surface area contributed by atoms with Gasteiger partial charge in [-0.05, 0) is 95.7 Å². The van der Waals surface area contributed by atoms with Gasteiger partial charge in [-0.2, -0.15) is 0 Å². The molecule has 7 aromatic rings. The highest BCUT2D eigenvalue weighted by Gasteiger charge is 2.22. The average molecular weight is 505 g/mol. The Labute approximate surface area is 242 Å². The molecule has 0 radical (unpaired) electrons. The predicted octanol–water partition coefficient (Wildman–Crippen LogP) is 10.6. The third-order valence-electron chi connectivity index (χ3n) is 7.65. The quantitative estimate of drug-likeness (QED) is 0.210. The van der Waals surface area contributed by atoms with Crippen LogP contribution in [0.2, 0.25) is 0 Å². The molecular formula is C39H26. The van der Waals surface area contributed by atoms with Crippen LogP contribution in [0, 0.1) is 0 Å². The first-order chi connectivity index (χ1) is 23.5.